The van der Waals surface area contributed by atoms with Gasteiger partial charge in [0.05, 0.1) is 6.42 Å². The average molecular weight is 95.1 g/mol. The molecule has 1 radical (unpaired) electrons. The van der Waals surface area contributed by atoms with Crippen molar-refractivity contribution in [2.45, 2.75) is 6.42 Å². The zero-order valence-electron chi connectivity index (χ0n) is 3.68. The van der Waals surface area contributed by atoms with Crippen molar-refractivity contribution in [2.24, 2.45) is 0 Å². The summed E-state index contributed by atoms with van der Waals surface area (Å²) in [6.07, 6.45) is 1.15. The molecule has 0 aromatic rings. The molecule has 0 saturated carbocycles. The summed E-state index contributed by atoms with van der Waals surface area (Å²) in [6, 6.07) is 0. The molecule has 0 bridgehead atoms. The van der Waals surface area contributed by atoms with Crippen LogP contribution in [0, 0.1) is 0 Å². The molecular weight excluding hydrogens is 91.0 g/mol. The Balaban J connectivity index is 0. The van der Waals surface area contributed by atoms with Crippen LogP contribution < -0.4 is 0 Å². The third-order valence-electron chi connectivity index (χ3n) is 0.192. The fraction of sp³-hybridized carbons (Fsp3) is 0.333. The number of hydrogen-bond acceptors (Lipinski definition) is 2. The molecular formula is C3H4NaO2. The molecule has 3 heteroatoms. The molecule has 0 atom stereocenters. The van der Waals surface area contributed by atoms with Gasteiger partial charge in [0.2, 0.25) is 0 Å². The Morgan fingerprint density at radius 3 is 1.50 bits per heavy atom. The summed E-state index contributed by atoms with van der Waals surface area (Å²) in [4.78, 5) is 18.3. The SMILES string of the molecule is O=CCC=O.[Na]. The van der Waals surface area contributed by atoms with Gasteiger partial charge in [0.25, 0.3) is 0 Å². The molecule has 0 heterocycles. The summed E-state index contributed by atoms with van der Waals surface area (Å²) in [5, 5.41) is 0. The second-order valence-corrected chi connectivity index (χ2v) is 0.569. The topological polar surface area (TPSA) is 34.1 Å². The van der Waals surface area contributed by atoms with Crippen LogP contribution in [0.25, 0.3) is 0 Å². The summed E-state index contributed by atoms with van der Waals surface area (Å²) in [5.74, 6) is 0. The smallest absolute Gasteiger partial charge is 0.127 e. The van der Waals surface area contributed by atoms with E-state index < -0.39 is 0 Å². The van der Waals surface area contributed by atoms with Crippen LogP contribution in [0.3, 0.4) is 0 Å². The molecule has 0 aliphatic carbocycles. The van der Waals surface area contributed by atoms with Gasteiger partial charge in [-0.05, 0) is 0 Å². The Hall–Kier alpha value is 0.340. The molecule has 0 saturated heterocycles. The van der Waals surface area contributed by atoms with Crippen LogP contribution >= 0.6 is 0 Å². The Bertz CT molecular complexity index is 38.1. The third-order valence-corrected chi connectivity index (χ3v) is 0.192. The van der Waals surface area contributed by atoms with Gasteiger partial charge in [-0.1, -0.05) is 0 Å². The van der Waals surface area contributed by atoms with Gasteiger partial charge in [-0.15, -0.1) is 0 Å². The van der Waals surface area contributed by atoms with E-state index in [2.05, 4.69) is 0 Å². The molecule has 0 N–H and O–H groups in total. The van der Waals surface area contributed by atoms with Crippen molar-refractivity contribution in [3.63, 3.8) is 0 Å². The van der Waals surface area contributed by atoms with Crippen molar-refractivity contribution in [2.75, 3.05) is 0 Å². The Labute approximate surface area is 58.2 Å². The Morgan fingerprint density at radius 2 is 1.50 bits per heavy atom. The molecule has 0 aliphatic heterocycles. The van der Waals surface area contributed by atoms with Gasteiger partial charge < -0.3 is 9.59 Å². The number of rotatable bonds is 2. The summed E-state index contributed by atoms with van der Waals surface area (Å²) < 4.78 is 0. The summed E-state index contributed by atoms with van der Waals surface area (Å²) in [5.41, 5.74) is 0. The predicted octanol–water partition coefficient (Wildman–Crippen LogP) is -0.607. The molecule has 0 aliphatic rings. The second kappa shape index (κ2) is 9.02. The van der Waals surface area contributed by atoms with Crippen LogP contribution in [-0.4, -0.2) is 42.1 Å². The van der Waals surface area contributed by atoms with E-state index in [-0.39, 0.29) is 36.0 Å². The van der Waals surface area contributed by atoms with E-state index in [1.165, 1.54) is 0 Å². The Kier molecular flexibility index (Phi) is 14.4. The van der Waals surface area contributed by atoms with Crippen LogP contribution in [0.2, 0.25) is 0 Å². The van der Waals surface area contributed by atoms with Crippen LogP contribution in [0.5, 0.6) is 0 Å². The van der Waals surface area contributed by atoms with Gasteiger partial charge in [0.15, 0.2) is 0 Å². The van der Waals surface area contributed by atoms with E-state index >= 15 is 0 Å². The molecule has 0 unspecified atom stereocenters. The molecule has 2 nitrogen and oxygen atoms in total. The maximum absolute atomic E-state index is 9.17. The molecule has 0 aromatic heterocycles. The summed E-state index contributed by atoms with van der Waals surface area (Å²) in [7, 11) is 0. The third kappa shape index (κ3) is 8.84. The first-order chi connectivity index (χ1) is 2.41. The van der Waals surface area contributed by atoms with Gasteiger partial charge >= 0.3 is 0 Å². The number of carbonyl (C=O) groups excluding carboxylic acids is 2. The summed E-state index contributed by atoms with van der Waals surface area (Å²) >= 11 is 0. The van der Waals surface area contributed by atoms with Crippen molar-refractivity contribution in [1.82, 2.24) is 0 Å². The van der Waals surface area contributed by atoms with E-state index in [0.717, 1.165) is 0 Å². The maximum Gasteiger partial charge on any atom is 0.127 e. The average Bonchev–Trinajstić information content (AvgIpc) is 1.41. The normalized spacial score (nSPS) is 5.33. The van der Waals surface area contributed by atoms with Gasteiger partial charge in [-0.3, -0.25) is 0 Å². The molecule has 0 fully saturated rings. The summed E-state index contributed by atoms with van der Waals surface area (Å²) in [6.45, 7) is 0. The monoisotopic (exact) mass is 95.0 g/mol. The van der Waals surface area contributed by atoms with Crippen molar-refractivity contribution >= 4 is 42.1 Å². The van der Waals surface area contributed by atoms with E-state index in [1.807, 2.05) is 0 Å². The largest absolute Gasteiger partial charge is 0.303 e. The molecule has 0 amide bonds. The van der Waals surface area contributed by atoms with Crippen LogP contribution in [0.1, 0.15) is 6.42 Å². The zero-order chi connectivity index (χ0) is 4.12. The maximum atomic E-state index is 9.17. The molecule has 0 aromatic carbocycles. The van der Waals surface area contributed by atoms with Crippen LogP contribution in [0.15, 0.2) is 0 Å². The van der Waals surface area contributed by atoms with E-state index in [1.54, 1.807) is 0 Å². The van der Waals surface area contributed by atoms with Crippen molar-refractivity contribution in [3.05, 3.63) is 0 Å². The van der Waals surface area contributed by atoms with Gasteiger partial charge in [0, 0.05) is 29.6 Å². The predicted molar refractivity (Wildman–Crippen MR) is 22.5 cm³/mol. The standard InChI is InChI=1S/C3H4O2.Na/c4-2-1-3-5;/h2-3H,1H2;. The first-order valence-corrected chi connectivity index (χ1v) is 1.29. The van der Waals surface area contributed by atoms with Gasteiger partial charge in [-0.25, -0.2) is 0 Å². The number of hydrogen-bond donors (Lipinski definition) is 0. The molecule has 0 spiro atoms. The molecule has 6 heavy (non-hydrogen) atoms. The number of aldehydes is 2. The van der Waals surface area contributed by atoms with E-state index in [4.69, 9.17) is 0 Å². The minimum absolute atomic E-state index is 0. The second-order valence-electron chi connectivity index (χ2n) is 0.569. The first-order valence-electron chi connectivity index (χ1n) is 1.29. The van der Waals surface area contributed by atoms with Crippen LogP contribution in [-0.2, 0) is 9.59 Å². The van der Waals surface area contributed by atoms with Crippen molar-refractivity contribution in [3.8, 4) is 0 Å². The minimum atomic E-state index is 0. The fourth-order valence-corrected chi connectivity index (χ4v) is 0.0393. The fourth-order valence-electron chi connectivity index (χ4n) is 0.0393. The minimum Gasteiger partial charge on any atom is -0.303 e. The first kappa shape index (κ1) is 9.60. The van der Waals surface area contributed by atoms with Gasteiger partial charge in [-0.2, -0.15) is 0 Å². The van der Waals surface area contributed by atoms with Gasteiger partial charge in [0.1, 0.15) is 12.6 Å². The zero-order valence-corrected chi connectivity index (χ0v) is 5.68. The molecule has 29 valence electrons. The van der Waals surface area contributed by atoms with E-state index in [9.17, 15) is 9.59 Å². The molecule has 0 rings (SSSR count). The number of carbonyl (C=O) groups is 2. The Morgan fingerprint density at radius 1 is 1.17 bits per heavy atom. The van der Waals surface area contributed by atoms with Crippen LogP contribution in [0.4, 0.5) is 0 Å². The van der Waals surface area contributed by atoms with Crippen molar-refractivity contribution < 1.29 is 9.59 Å². The quantitative estimate of drug-likeness (QED) is 0.260. The van der Waals surface area contributed by atoms with E-state index in [0.29, 0.717) is 12.6 Å². The van der Waals surface area contributed by atoms with Crippen molar-refractivity contribution in [1.29, 1.82) is 0 Å².